The van der Waals surface area contributed by atoms with Crippen molar-refractivity contribution in [1.29, 1.82) is 0 Å². The van der Waals surface area contributed by atoms with Gasteiger partial charge in [0.2, 0.25) is 10.0 Å². The van der Waals surface area contributed by atoms with Crippen molar-refractivity contribution in [3.05, 3.63) is 35.2 Å². The number of sulfonamides is 1. The first-order chi connectivity index (χ1) is 16.9. The number of nitrogens with zero attached hydrogens (tertiary/aromatic N) is 5. The first kappa shape index (κ1) is 24.9. The van der Waals surface area contributed by atoms with E-state index in [4.69, 9.17) is 11.6 Å². The first-order valence-electron chi connectivity index (χ1n) is 10.6. The predicted octanol–water partition coefficient (Wildman–Crippen LogP) is 3.48. The van der Waals surface area contributed by atoms with E-state index in [0.29, 0.717) is 21.3 Å². The van der Waals surface area contributed by atoms with Crippen LogP contribution in [0.5, 0.6) is 5.75 Å². The SMILES string of the molecule is O=C(O)[C@H]1CN(c2nc3nc(C4CC4)nc(Cl)c3s2)CCN1S(=O)(=O)c1ccc(OC(F)(F)F)cc1. The van der Waals surface area contributed by atoms with Crippen LogP contribution in [0.3, 0.4) is 0 Å². The molecule has 2 aromatic heterocycles. The Kier molecular flexibility index (Phi) is 6.21. The Morgan fingerprint density at radius 2 is 1.83 bits per heavy atom. The molecule has 0 spiro atoms. The Labute approximate surface area is 211 Å². The summed E-state index contributed by atoms with van der Waals surface area (Å²) in [6.07, 6.45) is -2.97. The highest BCUT2D eigenvalue weighted by Crippen LogP contribution is 2.41. The standard InChI is InChI=1S/C20H17ClF3N5O5S2/c21-15-14-17(26-16(25-15)10-1-2-10)27-19(35-14)28-7-8-29(13(9-28)18(30)31)36(32,33)12-5-3-11(4-6-12)34-20(22,23)24/h3-6,10,13H,1-2,7-9H2,(H,30,31)/t13-/m1/s1. The van der Waals surface area contributed by atoms with E-state index >= 15 is 0 Å². The van der Waals surface area contributed by atoms with Crippen molar-refractivity contribution in [1.82, 2.24) is 19.3 Å². The van der Waals surface area contributed by atoms with Crippen LogP contribution in [0.4, 0.5) is 18.3 Å². The topological polar surface area (TPSA) is 126 Å². The number of ether oxygens (including phenoxy) is 1. The second kappa shape index (κ2) is 8.97. The molecule has 1 aliphatic heterocycles. The Balaban J connectivity index is 1.38. The molecule has 192 valence electrons. The number of benzene rings is 1. The van der Waals surface area contributed by atoms with E-state index < -0.39 is 34.1 Å². The van der Waals surface area contributed by atoms with Crippen LogP contribution in [0, 0.1) is 0 Å². The average molecular weight is 564 g/mol. The van der Waals surface area contributed by atoms with Gasteiger partial charge in [-0.25, -0.2) is 18.4 Å². The number of alkyl halides is 3. The second-order valence-corrected chi connectivity index (χ2v) is 11.5. The van der Waals surface area contributed by atoms with Crippen molar-refractivity contribution < 1.29 is 36.2 Å². The number of aromatic nitrogens is 3. The molecule has 0 bridgehead atoms. The molecular weight excluding hydrogens is 547 g/mol. The van der Waals surface area contributed by atoms with Gasteiger partial charge in [-0.15, -0.1) is 13.2 Å². The minimum Gasteiger partial charge on any atom is -0.480 e. The molecule has 5 rings (SSSR count). The largest absolute Gasteiger partial charge is 0.573 e. The molecule has 1 saturated carbocycles. The highest BCUT2D eigenvalue weighted by molar-refractivity contribution is 7.89. The van der Waals surface area contributed by atoms with Crippen LogP contribution in [-0.2, 0) is 14.8 Å². The molecule has 0 amide bonds. The van der Waals surface area contributed by atoms with Crippen LogP contribution >= 0.6 is 22.9 Å². The quantitative estimate of drug-likeness (QED) is 0.449. The zero-order chi connectivity index (χ0) is 25.8. The maximum atomic E-state index is 13.2. The lowest BCUT2D eigenvalue weighted by atomic mass is 10.2. The summed E-state index contributed by atoms with van der Waals surface area (Å²) >= 11 is 7.50. The molecule has 2 fully saturated rings. The number of halogens is 4. The van der Waals surface area contributed by atoms with Crippen molar-refractivity contribution >= 4 is 54.4 Å². The number of rotatable bonds is 6. The first-order valence-corrected chi connectivity index (χ1v) is 13.3. The second-order valence-electron chi connectivity index (χ2n) is 8.23. The number of carboxylic acid groups (broad SMARTS) is 1. The van der Waals surface area contributed by atoms with Crippen molar-refractivity contribution in [3.8, 4) is 5.75 Å². The molecule has 0 unspecified atom stereocenters. The number of piperazine rings is 1. The van der Waals surface area contributed by atoms with Gasteiger partial charge in [0.15, 0.2) is 15.9 Å². The lowest BCUT2D eigenvalue weighted by Crippen LogP contribution is -2.58. The molecule has 0 radical (unpaired) electrons. The molecule has 3 aromatic rings. The zero-order valence-corrected chi connectivity index (χ0v) is 20.5. The van der Waals surface area contributed by atoms with Gasteiger partial charge < -0.3 is 14.7 Å². The number of fused-ring (bicyclic) bond motifs is 1. The minimum atomic E-state index is -4.93. The van der Waals surface area contributed by atoms with Gasteiger partial charge in [0, 0.05) is 25.6 Å². The van der Waals surface area contributed by atoms with Crippen LogP contribution in [0.25, 0.3) is 10.3 Å². The van der Waals surface area contributed by atoms with Gasteiger partial charge in [-0.1, -0.05) is 22.9 Å². The Hall–Kier alpha value is -2.75. The fourth-order valence-corrected chi connectivity index (χ4v) is 6.61. The molecule has 2 aliphatic rings. The minimum absolute atomic E-state index is 0.124. The van der Waals surface area contributed by atoms with Crippen LogP contribution in [0.1, 0.15) is 24.6 Å². The van der Waals surface area contributed by atoms with E-state index in [0.717, 1.165) is 41.4 Å². The third-order valence-electron chi connectivity index (χ3n) is 5.71. The Bertz CT molecular complexity index is 1430. The highest BCUT2D eigenvalue weighted by atomic mass is 35.5. The number of carboxylic acids is 1. The van der Waals surface area contributed by atoms with Crippen LogP contribution in [0.15, 0.2) is 29.2 Å². The third kappa shape index (κ3) is 4.92. The molecule has 1 aliphatic carbocycles. The van der Waals surface area contributed by atoms with Crippen molar-refractivity contribution in [3.63, 3.8) is 0 Å². The Morgan fingerprint density at radius 3 is 2.44 bits per heavy atom. The third-order valence-corrected chi connectivity index (χ3v) is 9.13. The summed E-state index contributed by atoms with van der Waals surface area (Å²) in [6.45, 7) is -0.272. The van der Waals surface area contributed by atoms with Gasteiger partial charge in [-0.05, 0) is 37.1 Å². The van der Waals surface area contributed by atoms with Gasteiger partial charge in [0.1, 0.15) is 22.3 Å². The number of hydrogen-bond acceptors (Lipinski definition) is 9. The lowest BCUT2D eigenvalue weighted by Gasteiger charge is -2.38. The van der Waals surface area contributed by atoms with Crippen LogP contribution in [-0.4, -0.2) is 70.8 Å². The van der Waals surface area contributed by atoms with Crippen molar-refractivity contribution in [2.75, 3.05) is 24.5 Å². The number of thiazole rings is 1. The van der Waals surface area contributed by atoms with Gasteiger partial charge in [-0.3, -0.25) is 4.79 Å². The van der Waals surface area contributed by atoms with Gasteiger partial charge >= 0.3 is 12.3 Å². The maximum absolute atomic E-state index is 13.2. The number of carbonyl (C=O) groups is 1. The van der Waals surface area contributed by atoms with Gasteiger partial charge in [-0.2, -0.15) is 9.29 Å². The fourth-order valence-electron chi connectivity index (χ4n) is 3.83. The van der Waals surface area contributed by atoms with E-state index in [1.54, 1.807) is 4.90 Å². The fraction of sp³-hybridized carbons (Fsp3) is 0.400. The van der Waals surface area contributed by atoms with E-state index in [2.05, 4.69) is 19.7 Å². The Morgan fingerprint density at radius 1 is 1.14 bits per heavy atom. The van der Waals surface area contributed by atoms with Gasteiger partial charge in [0.25, 0.3) is 0 Å². The molecule has 1 atom stereocenters. The normalized spacial score (nSPS) is 19.6. The van der Waals surface area contributed by atoms with Crippen LogP contribution < -0.4 is 9.64 Å². The van der Waals surface area contributed by atoms with Crippen molar-refractivity contribution in [2.24, 2.45) is 0 Å². The molecule has 3 heterocycles. The summed E-state index contributed by atoms with van der Waals surface area (Å²) in [7, 11) is -4.33. The monoisotopic (exact) mass is 563 g/mol. The number of anilines is 1. The summed E-state index contributed by atoms with van der Waals surface area (Å²) in [5, 5.41) is 10.5. The number of aliphatic carboxylic acids is 1. The summed E-state index contributed by atoms with van der Waals surface area (Å²) in [5.74, 6) is -1.09. The van der Waals surface area contributed by atoms with Crippen LogP contribution in [0.2, 0.25) is 5.15 Å². The average Bonchev–Trinajstić information content (AvgIpc) is 3.56. The molecule has 16 heteroatoms. The zero-order valence-electron chi connectivity index (χ0n) is 18.1. The molecule has 36 heavy (non-hydrogen) atoms. The van der Waals surface area contributed by atoms with Crippen molar-refractivity contribution in [2.45, 2.75) is 36.1 Å². The lowest BCUT2D eigenvalue weighted by molar-refractivity contribution is -0.274. The number of hydrogen-bond donors (Lipinski definition) is 1. The maximum Gasteiger partial charge on any atom is 0.573 e. The highest BCUT2D eigenvalue weighted by Gasteiger charge is 2.41. The smallest absolute Gasteiger partial charge is 0.480 e. The molecule has 1 saturated heterocycles. The van der Waals surface area contributed by atoms with E-state index in [-0.39, 0.29) is 35.6 Å². The molecule has 10 nitrogen and oxygen atoms in total. The summed E-state index contributed by atoms with van der Waals surface area (Å²) in [4.78, 5) is 26.6. The predicted molar refractivity (Wildman–Crippen MR) is 123 cm³/mol. The molecular formula is C20H17ClF3N5O5S2. The van der Waals surface area contributed by atoms with E-state index in [9.17, 15) is 31.5 Å². The summed E-state index contributed by atoms with van der Waals surface area (Å²) in [5.41, 5.74) is 0.403. The molecule has 1 N–H and O–H groups in total. The molecule has 1 aromatic carbocycles. The summed E-state index contributed by atoms with van der Waals surface area (Å²) < 4.78 is 68.6. The van der Waals surface area contributed by atoms with E-state index in [1.165, 1.54) is 11.3 Å². The van der Waals surface area contributed by atoms with E-state index in [1.807, 2.05) is 0 Å². The van der Waals surface area contributed by atoms with Gasteiger partial charge in [0.05, 0.1) is 4.90 Å². The summed E-state index contributed by atoms with van der Waals surface area (Å²) in [6, 6.07) is 2.12.